The van der Waals surface area contributed by atoms with Gasteiger partial charge in [-0.15, -0.1) is 0 Å². The van der Waals surface area contributed by atoms with E-state index < -0.39 is 0 Å². The van der Waals surface area contributed by atoms with E-state index >= 15 is 0 Å². The third kappa shape index (κ3) is 3.91. The number of unbranched alkanes of at least 4 members (excludes halogenated alkanes) is 1. The topological polar surface area (TPSA) is 39.4 Å². The summed E-state index contributed by atoms with van der Waals surface area (Å²) in [7, 11) is 1.60. The van der Waals surface area contributed by atoms with Crippen LogP contribution in [0.5, 0.6) is 5.75 Å². The third-order valence-corrected chi connectivity index (χ3v) is 2.93. The maximum absolute atomic E-state index is 11.3. The zero-order valence-corrected chi connectivity index (χ0v) is 11.2. The number of methoxy groups -OCH3 is 1. The van der Waals surface area contributed by atoms with Gasteiger partial charge in [0.15, 0.2) is 0 Å². The van der Waals surface area contributed by atoms with Gasteiger partial charge >= 0.3 is 5.63 Å². The van der Waals surface area contributed by atoms with Crippen molar-refractivity contribution in [3.63, 3.8) is 0 Å². The Morgan fingerprint density at radius 2 is 2.06 bits per heavy atom. The monoisotopic (exact) mass is 238 g/mol. The first-order chi connectivity index (χ1) is 8.06. The summed E-state index contributed by atoms with van der Waals surface area (Å²) in [5, 5.41) is 0. The fraction of sp³-hybridized carbons (Fsp3) is 0.643. The molecule has 17 heavy (non-hydrogen) atoms. The van der Waals surface area contributed by atoms with Gasteiger partial charge in [-0.2, -0.15) is 0 Å². The normalized spacial score (nSPS) is 10.9. The van der Waals surface area contributed by atoms with Gasteiger partial charge in [-0.1, -0.05) is 26.7 Å². The van der Waals surface area contributed by atoms with Crippen LogP contribution in [0.1, 0.15) is 44.2 Å². The molecular formula is C14H22O3. The second kappa shape index (κ2) is 6.48. The van der Waals surface area contributed by atoms with Gasteiger partial charge in [0.2, 0.25) is 0 Å². The number of hydrogen-bond acceptors (Lipinski definition) is 3. The van der Waals surface area contributed by atoms with Gasteiger partial charge in [0, 0.05) is 5.56 Å². The van der Waals surface area contributed by atoms with E-state index in [1.54, 1.807) is 14.0 Å². The molecule has 0 unspecified atom stereocenters. The van der Waals surface area contributed by atoms with E-state index in [9.17, 15) is 4.79 Å². The molecule has 0 saturated carbocycles. The summed E-state index contributed by atoms with van der Waals surface area (Å²) in [5.41, 5.74) is 1.25. The molecule has 1 aromatic rings. The van der Waals surface area contributed by atoms with Crippen molar-refractivity contribution < 1.29 is 9.15 Å². The lowest BCUT2D eigenvalue weighted by molar-refractivity contribution is 0.387. The predicted octanol–water partition coefficient (Wildman–Crippen LogP) is 3.33. The molecule has 0 aliphatic heterocycles. The fourth-order valence-corrected chi connectivity index (χ4v) is 1.92. The minimum Gasteiger partial charge on any atom is -0.496 e. The molecule has 0 fully saturated rings. The summed E-state index contributed by atoms with van der Waals surface area (Å²) in [6.45, 7) is 6.20. The van der Waals surface area contributed by atoms with E-state index in [0.29, 0.717) is 11.3 Å². The number of aryl methyl sites for hydroxylation is 1. The lowest BCUT2D eigenvalue weighted by atomic mass is 10.0. The van der Waals surface area contributed by atoms with Gasteiger partial charge in [0.05, 0.1) is 12.7 Å². The Morgan fingerprint density at radius 1 is 1.35 bits per heavy atom. The number of ether oxygens (including phenoxy) is 1. The second-order valence-corrected chi connectivity index (χ2v) is 4.85. The largest absolute Gasteiger partial charge is 0.496 e. The quantitative estimate of drug-likeness (QED) is 0.714. The Labute approximate surface area is 103 Å². The van der Waals surface area contributed by atoms with E-state index in [-0.39, 0.29) is 5.63 Å². The molecule has 0 spiro atoms. The molecule has 0 aliphatic rings. The molecule has 0 radical (unpaired) electrons. The third-order valence-electron chi connectivity index (χ3n) is 2.93. The van der Waals surface area contributed by atoms with Gasteiger partial charge in [-0.05, 0) is 25.7 Å². The molecule has 3 nitrogen and oxygen atoms in total. The first kappa shape index (κ1) is 13.8. The van der Waals surface area contributed by atoms with E-state index in [0.717, 1.165) is 24.3 Å². The molecular weight excluding hydrogens is 216 g/mol. The number of hydrogen-bond donors (Lipinski definition) is 0. The van der Waals surface area contributed by atoms with Crippen LogP contribution in [0.4, 0.5) is 0 Å². The molecule has 0 aromatic carbocycles. The molecule has 1 aromatic heterocycles. The molecule has 0 atom stereocenters. The van der Waals surface area contributed by atoms with Crippen LogP contribution in [0.2, 0.25) is 0 Å². The summed E-state index contributed by atoms with van der Waals surface area (Å²) in [6.07, 6.45) is 5.96. The van der Waals surface area contributed by atoms with Crippen molar-refractivity contribution in [2.24, 2.45) is 5.92 Å². The average Bonchev–Trinajstić information content (AvgIpc) is 2.29. The molecule has 0 aliphatic carbocycles. The highest BCUT2D eigenvalue weighted by Crippen LogP contribution is 2.22. The SMILES string of the molecule is COc1c(CCCCC(C)C)coc(=O)c1C. The van der Waals surface area contributed by atoms with E-state index in [1.165, 1.54) is 19.1 Å². The molecule has 0 saturated heterocycles. The van der Waals surface area contributed by atoms with Crippen LogP contribution in [0.25, 0.3) is 0 Å². The minimum absolute atomic E-state index is 0.312. The zero-order valence-electron chi connectivity index (χ0n) is 11.2. The second-order valence-electron chi connectivity index (χ2n) is 4.85. The Balaban J connectivity index is 2.65. The summed E-state index contributed by atoms with van der Waals surface area (Å²) in [4.78, 5) is 11.3. The average molecular weight is 238 g/mol. The fourth-order valence-electron chi connectivity index (χ4n) is 1.92. The van der Waals surface area contributed by atoms with Gasteiger partial charge in [0.25, 0.3) is 0 Å². The van der Waals surface area contributed by atoms with Gasteiger partial charge < -0.3 is 9.15 Å². The van der Waals surface area contributed by atoms with Crippen LogP contribution in [-0.2, 0) is 6.42 Å². The molecule has 0 bridgehead atoms. The molecule has 1 rings (SSSR count). The van der Waals surface area contributed by atoms with E-state index in [4.69, 9.17) is 9.15 Å². The van der Waals surface area contributed by atoms with Gasteiger partial charge in [-0.3, -0.25) is 0 Å². The first-order valence-electron chi connectivity index (χ1n) is 6.21. The minimum atomic E-state index is -0.312. The van der Waals surface area contributed by atoms with Crippen LogP contribution in [0.3, 0.4) is 0 Å². The van der Waals surface area contributed by atoms with Crippen molar-refractivity contribution in [2.45, 2.75) is 46.5 Å². The summed E-state index contributed by atoms with van der Waals surface area (Å²) in [5.74, 6) is 1.43. The molecule has 0 N–H and O–H groups in total. The number of rotatable bonds is 6. The maximum atomic E-state index is 11.3. The Hall–Kier alpha value is -1.25. The van der Waals surface area contributed by atoms with Crippen LogP contribution in [-0.4, -0.2) is 7.11 Å². The molecule has 96 valence electrons. The molecule has 0 amide bonds. The van der Waals surface area contributed by atoms with Crippen LogP contribution in [0, 0.1) is 12.8 Å². The summed E-state index contributed by atoms with van der Waals surface area (Å²) in [6, 6.07) is 0. The van der Waals surface area contributed by atoms with Crippen molar-refractivity contribution in [1.29, 1.82) is 0 Å². The summed E-state index contributed by atoms with van der Waals surface area (Å²) < 4.78 is 10.2. The smallest absolute Gasteiger partial charge is 0.342 e. The van der Waals surface area contributed by atoms with E-state index in [1.807, 2.05) is 0 Å². The van der Waals surface area contributed by atoms with Crippen LogP contribution < -0.4 is 10.4 Å². The maximum Gasteiger partial charge on any atom is 0.342 e. The van der Waals surface area contributed by atoms with E-state index in [2.05, 4.69) is 13.8 Å². The Bertz CT molecular complexity index is 404. The lowest BCUT2D eigenvalue weighted by Gasteiger charge is -2.09. The van der Waals surface area contributed by atoms with Gasteiger partial charge in [-0.25, -0.2) is 4.79 Å². The predicted molar refractivity (Wildman–Crippen MR) is 68.7 cm³/mol. The highest BCUT2D eigenvalue weighted by molar-refractivity contribution is 5.36. The Kier molecular flexibility index (Phi) is 5.26. The Morgan fingerprint density at radius 3 is 2.65 bits per heavy atom. The van der Waals surface area contributed by atoms with Crippen molar-refractivity contribution in [2.75, 3.05) is 7.11 Å². The van der Waals surface area contributed by atoms with Crippen molar-refractivity contribution >= 4 is 0 Å². The van der Waals surface area contributed by atoms with Crippen molar-refractivity contribution in [1.82, 2.24) is 0 Å². The highest BCUT2D eigenvalue weighted by atomic mass is 16.5. The summed E-state index contributed by atoms with van der Waals surface area (Å²) >= 11 is 0. The standard InChI is InChI=1S/C14H22O3/c1-10(2)7-5-6-8-12-9-17-14(15)11(3)13(12)16-4/h9-10H,5-8H2,1-4H3. The van der Waals surface area contributed by atoms with Crippen LogP contribution in [0.15, 0.2) is 15.5 Å². The molecule has 1 heterocycles. The highest BCUT2D eigenvalue weighted by Gasteiger charge is 2.10. The lowest BCUT2D eigenvalue weighted by Crippen LogP contribution is -2.07. The van der Waals surface area contributed by atoms with Gasteiger partial charge in [0.1, 0.15) is 12.0 Å². The van der Waals surface area contributed by atoms with Crippen molar-refractivity contribution in [3.8, 4) is 5.75 Å². The van der Waals surface area contributed by atoms with Crippen LogP contribution >= 0.6 is 0 Å². The first-order valence-corrected chi connectivity index (χ1v) is 6.21. The zero-order chi connectivity index (χ0) is 12.8. The molecule has 3 heteroatoms. The van der Waals surface area contributed by atoms with Crippen molar-refractivity contribution in [3.05, 3.63) is 27.8 Å².